The summed E-state index contributed by atoms with van der Waals surface area (Å²) in [4.78, 5) is 17.1. The molecule has 3 aromatic carbocycles. The van der Waals surface area contributed by atoms with E-state index in [0.29, 0.717) is 35.9 Å². The first-order valence-electron chi connectivity index (χ1n) is 13.8. The van der Waals surface area contributed by atoms with Crippen molar-refractivity contribution in [2.24, 2.45) is 0 Å². The Morgan fingerprint density at radius 3 is 2.39 bits per heavy atom. The lowest BCUT2D eigenvalue weighted by molar-refractivity contribution is 0.0695. The summed E-state index contributed by atoms with van der Waals surface area (Å²) in [5.74, 6) is 0.439. The van der Waals surface area contributed by atoms with Crippen molar-refractivity contribution < 1.29 is 22.7 Å². The molecule has 1 amide bonds. The molecule has 2 heterocycles. The quantitative estimate of drug-likeness (QED) is 0.287. The van der Waals surface area contributed by atoms with E-state index in [0.717, 1.165) is 34.9 Å². The summed E-state index contributed by atoms with van der Waals surface area (Å²) in [6, 6.07) is 19.9. The van der Waals surface area contributed by atoms with Crippen molar-refractivity contribution in [2.45, 2.75) is 50.0 Å². The van der Waals surface area contributed by atoms with Crippen molar-refractivity contribution in [2.75, 3.05) is 31.7 Å². The smallest absolute Gasteiger partial charge is 0.268 e. The van der Waals surface area contributed by atoms with E-state index >= 15 is 0 Å². The van der Waals surface area contributed by atoms with Gasteiger partial charge in [0.15, 0.2) is 0 Å². The minimum absolute atomic E-state index is 0.0253. The molecular weight excluding hydrogens is 538 g/mol. The number of nitrogens with zero attached hydrogens (tertiary/aromatic N) is 1. The Kier molecular flexibility index (Phi) is 7.85. The Morgan fingerprint density at radius 2 is 1.73 bits per heavy atom. The minimum atomic E-state index is -3.83. The van der Waals surface area contributed by atoms with Crippen LogP contribution in [0.3, 0.4) is 0 Å². The normalized spacial score (nSPS) is 14.7. The minimum Gasteiger partial charge on any atom is -0.497 e. The summed E-state index contributed by atoms with van der Waals surface area (Å²) < 4.78 is 39.4. The molecule has 4 aromatic rings. The van der Waals surface area contributed by atoms with Crippen LogP contribution in [0.5, 0.6) is 5.75 Å². The summed E-state index contributed by atoms with van der Waals surface area (Å²) in [5.41, 5.74) is 4.07. The third-order valence-corrected chi connectivity index (χ3v) is 9.47. The van der Waals surface area contributed by atoms with E-state index in [1.807, 2.05) is 48.5 Å². The number of amides is 1. The molecule has 1 aromatic heterocycles. The Labute approximate surface area is 241 Å². The summed E-state index contributed by atoms with van der Waals surface area (Å²) in [7, 11) is -0.685. The molecule has 1 aliphatic rings. The molecule has 9 heteroatoms. The predicted octanol–water partition coefficient (Wildman–Crippen LogP) is 5.87. The molecule has 0 bridgehead atoms. The molecule has 0 radical (unpaired) electrons. The molecular formula is C32H37N3O5S. The highest BCUT2D eigenvalue weighted by Crippen LogP contribution is 2.37. The van der Waals surface area contributed by atoms with Crippen LogP contribution in [0.15, 0.2) is 71.6 Å². The standard InChI is InChI=1S/C32H37N3O5S/c1-32(2,3)22-9-12-26(13-10-22)41(37,38)35(4)24-11-14-28-27(20-24)29(21-7-6-8-25(19-21)39-5)30(34-28)31(36)33-23-15-17-40-18-16-23/h6-14,19-20,23,34H,15-18H2,1-5H3,(H,33,36). The molecule has 0 saturated carbocycles. The molecule has 0 spiro atoms. The number of benzene rings is 3. The number of aromatic amines is 1. The van der Waals surface area contributed by atoms with Crippen molar-refractivity contribution in [3.05, 3.63) is 78.0 Å². The third-order valence-electron chi connectivity index (χ3n) is 7.67. The first-order valence-corrected chi connectivity index (χ1v) is 15.2. The van der Waals surface area contributed by atoms with Crippen LogP contribution in [0.1, 0.15) is 49.7 Å². The van der Waals surface area contributed by atoms with E-state index < -0.39 is 10.0 Å². The number of carbonyl (C=O) groups excluding carboxylic acids is 1. The SMILES string of the molecule is COc1cccc(-c2c(C(=O)NC3CCOCC3)[nH]c3ccc(N(C)S(=O)(=O)c4ccc(C(C)(C)C)cc4)cc23)c1. The number of sulfonamides is 1. The summed E-state index contributed by atoms with van der Waals surface area (Å²) in [6.45, 7) is 7.50. The summed E-state index contributed by atoms with van der Waals surface area (Å²) in [5, 5.41) is 3.88. The molecule has 1 aliphatic heterocycles. The van der Waals surface area contributed by atoms with E-state index in [1.54, 1.807) is 32.4 Å². The van der Waals surface area contributed by atoms with Gasteiger partial charge in [-0.3, -0.25) is 9.10 Å². The van der Waals surface area contributed by atoms with Crippen molar-refractivity contribution in [1.82, 2.24) is 10.3 Å². The van der Waals surface area contributed by atoms with E-state index in [9.17, 15) is 13.2 Å². The lowest BCUT2D eigenvalue weighted by Gasteiger charge is -2.23. The molecule has 216 valence electrons. The summed E-state index contributed by atoms with van der Waals surface area (Å²) >= 11 is 0. The van der Waals surface area contributed by atoms with Gasteiger partial charge in [0.2, 0.25) is 0 Å². The monoisotopic (exact) mass is 575 g/mol. The highest BCUT2D eigenvalue weighted by atomic mass is 32.2. The van der Waals surface area contributed by atoms with Gasteiger partial charge < -0.3 is 19.8 Å². The second-order valence-corrected chi connectivity index (χ2v) is 13.4. The van der Waals surface area contributed by atoms with Crippen molar-refractivity contribution in [1.29, 1.82) is 0 Å². The van der Waals surface area contributed by atoms with Gasteiger partial charge in [0.1, 0.15) is 11.4 Å². The topological polar surface area (TPSA) is 101 Å². The molecule has 0 aliphatic carbocycles. The lowest BCUT2D eigenvalue weighted by atomic mass is 9.87. The number of ether oxygens (including phenoxy) is 2. The van der Waals surface area contributed by atoms with Crippen LogP contribution in [-0.2, 0) is 20.2 Å². The highest BCUT2D eigenvalue weighted by Gasteiger charge is 2.26. The molecule has 5 rings (SSSR count). The predicted molar refractivity (Wildman–Crippen MR) is 162 cm³/mol. The van der Waals surface area contributed by atoms with Crippen LogP contribution in [-0.4, -0.2) is 52.7 Å². The fourth-order valence-electron chi connectivity index (χ4n) is 5.15. The lowest BCUT2D eigenvalue weighted by Crippen LogP contribution is -2.39. The van der Waals surface area contributed by atoms with E-state index in [-0.39, 0.29) is 22.3 Å². The van der Waals surface area contributed by atoms with Gasteiger partial charge in [0.05, 0.1) is 17.7 Å². The van der Waals surface area contributed by atoms with Crippen molar-refractivity contribution in [3.8, 4) is 16.9 Å². The van der Waals surface area contributed by atoms with Gasteiger partial charge in [0, 0.05) is 42.8 Å². The zero-order valence-electron chi connectivity index (χ0n) is 24.2. The molecule has 1 fully saturated rings. The maximum atomic E-state index is 13.6. The average molecular weight is 576 g/mol. The molecule has 1 saturated heterocycles. The molecule has 2 N–H and O–H groups in total. The number of anilines is 1. The van der Waals surface area contributed by atoms with E-state index in [1.165, 1.54) is 4.31 Å². The Hall–Kier alpha value is -3.82. The fraction of sp³-hybridized carbons (Fsp3) is 0.344. The Morgan fingerprint density at radius 1 is 1.02 bits per heavy atom. The fourth-order valence-corrected chi connectivity index (χ4v) is 6.34. The first kappa shape index (κ1) is 28.7. The Bertz CT molecular complexity index is 1660. The van der Waals surface area contributed by atoms with Gasteiger partial charge in [-0.15, -0.1) is 0 Å². The number of methoxy groups -OCH3 is 1. The van der Waals surface area contributed by atoms with Crippen LogP contribution >= 0.6 is 0 Å². The third kappa shape index (κ3) is 5.83. The van der Waals surface area contributed by atoms with Crippen molar-refractivity contribution in [3.63, 3.8) is 0 Å². The number of aromatic nitrogens is 1. The van der Waals surface area contributed by atoms with Crippen LogP contribution in [0.25, 0.3) is 22.0 Å². The number of rotatable bonds is 7. The maximum absolute atomic E-state index is 13.6. The largest absolute Gasteiger partial charge is 0.497 e. The molecule has 0 atom stereocenters. The van der Waals surface area contributed by atoms with Gasteiger partial charge in [-0.2, -0.15) is 0 Å². The maximum Gasteiger partial charge on any atom is 0.268 e. The number of nitrogens with one attached hydrogen (secondary N) is 2. The summed E-state index contributed by atoms with van der Waals surface area (Å²) in [6.07, 6.45) is 1.51. The molecule has 41 heavy (non-hydrogen) atoms. The number of hydrogen-bond acceptors (Lipinski definition) is 5. The second-order valence-electron chi connectivity index (χ2n) is 11.4. The van der Waals surface area contributed by atoms with Gasteiger partial charge >= 0.3 is 0 Å². The Balaban J connectivity index is 1.57. The zero-order chi connectivity index (χ0) is 29.4. The highest BCUT2D eigenvalue weighted by molar-refractivity contribution is 7.92. The van der Waals surface area contributed by atoms with E-state index in [4.69, 9.17) is 9.47 Å². The average Bonchev–Trinajstić information content (AvgIpc) is 3.36. The van der Waals surface area contributed by atoms with Gasteiger partial charge in [0.25, 0.3) is 15.9 Å². The van der Waals surface area contributed by atoms with Gasteiger partial charge in [-0.05, 0) is 71.8 Å². The first-order chi connectivity index (χ1) is 19.5. The van der Waals surface area contributed by atoms with E-state index in [2.05, 4.69) is 31.1 Å². The number of H-pyrrole nitrogens is 1. The molecule has 8 nitrogen and oxygen atoms in total. The molecule has 0 unspecified atom stereocenters. The van der Waals surface area contributed by atoms with Crippen molar-refractivity contribution >= 4 is 32.5 Å². The van der Waals surface area contributed by atoms with Crippen LogP contribution in [0.4, 0.5) is 5.69 Å². The zero-order valence-corrected chi connectivity index (χ0v) is 25.0. The van der Waals surface area contributed by atoms with Crippen LogP contribution in [0, 0.1) is 0 Å². The number of hydrogen-bond donors (Lipinski definition) is 2. The van der Waals surface area contributed by atoms with Gasteiger partial charge in [-0.25, -0.2) is 8.42 Å². The number of carbonyl (C=O) groups is 1. The second kappa shape index (κ2) is 11.2. The number of fused-ring (bicyclic) bond motifs is 1. The van der Waals surface area contributed by atoms with Gasteiger partial charge in [-0.1, -0.05) is 45.0 Å². The van der Waals surface area contributed by atoms with Crippen LogP contribution < -0.4 is 14.4 Å². The van der Waals surface area contributed by atoms with Crippen LogP contribution in [0.2, 0.25) is 0 Å².